The number of carboxylic acids is 1. The first-order chi connectivity index (χ1) is 8.87. The Balaban J connectivity index is 2.07. The number of amides is 1. The lowest BCUT2D eigenvalue weighted by atomic mass is 10.1. The lowest BCUT2D eigenvalue weighted by Crippen LogP contribution is -2.33. The topological polar surface area (TPSA) is 77.8 Å². The lowest BCUT2D eigenvalue weighted by molar-refractivity contribution is -0.131. The molecular weight excluding hydrogens is 266 g/mol. The zero-order valence-corrected chi connectivity index (χ0v) is 11.3. The van der Waals surface area contributed by atoms with E-state index in [9.17, 15) is 14.7 Å². The Morgan fingerprint density at radius 3 is 2.79 bits per heavy atom. The molecule has 1 aliphatic heterocycles. The van der Waals surface area contributed by atoms with Crippen LogP contribution in [0.3, 0.4) is 0 Å². The summed E-state index contributed by atoms with van der Waals surface area (Å²) in [7, 11) is 0. The van der Waals surface area contributed by atoms with Crippen LogP contribution in [0.5, 0.6) is 0 Å². The van der Waals surface area contributed by atoms with Gasteiger partial charge in [-0.1, -0.05) is 0 Å². The molecule has 2 N–H and O–H groups in total. The number of carbonyl (C=O) groups excluding carboxylic acids is 1. The monoisotopic (exact) mass is 281 g/mol. The minimum absolute atomic E-state index is 0.113. The van der Waals surface area contributed by atoms with Gasteiger partial charge in [0.2, 0.25) is 0 Å². The number of carboxylic acid groups (broad SMARTS) is 1. The minimum atomic E-state index is -1.02. The van der Waals surface area contributed by atoms with Crippen LogP contribution in [0.2, 0.25) is 0 Å². The SMILES string of the molecule is CC1(O)CCN(C(=O)c2ccc(/C=C/C(=O)O)s2)C1. The van der Waals surface area contributed by atoms with Gasteiger partial charge in [0.05, 0.1) is 10.5 Å². The highest BCUT2D eigenvalue weighted by molar-refractivity contribution is 7.14. The van der Waals surface area contributed by atoms with Crippen molar-refractivity contribution in [1.82, 2.24) is 4.90 Å². The number of aliphatic carboxylic acids is 1. The Labute approximate surface area is 114 Å². The molecule has 1 aliphatic rings. The normalized spacial score (nSPS) is 23.2. The number of rotatable bonds is 3. The summed E-state index contributed by atoms with van der Waals surface area (Å²) >= 11 is 1.25. The zero-order valence-electron chi connectivity index (χ0n) is 10.5. The lowest BCUT2D eigenvalue weighted by Gasteiger charge is -2.18. The molecule has 0 radical (unpaired) electrons. The molecule has 19 heavy (non-hydrogen) atoms. The summed E-state index contributed by atoms with van der Waals surface area (Å²) in [5.74, 6) is -1.13. The van der Waals surface area contributed by atoms with Crippen molar-refractivity contribution in [3.8, 4) is 0 Å². The molecule has 0 bridgehead atoms. The van der Waals surface area contributed by atoms with Gasteiger partial charge in [-0.2, -0.15) is 0 Å². The highest BCUT2D eigenvalue weighted by Gasteiger charge is 2.34. The van der Waals surface area contributed by atoms with Crippen LogP contribution in [0.4, 0.5) is 0 Å². The first kappa shape index (κ1) is 13.8. The summed E-state index contributed by atoms with van der Waals surface area (Å²) in [4.78, 5) is 25.5. The molecule has 0 spiro atoms. The van der Waals surface area contributed by atoms with E-state index in [2.05, 4.69) is 0 Å². The maximum absolute atomic E-state index is 12.2. The molecule has 1 aromatic heterocycles. The molecule has 2 heterocycles. The minimum Gasteiger partial charge on any atom is -0.478 e. The number of hydrogen-bond donors (Lipinski definition) is 2. The van der Waals surface area contributed by atoms with Gasteiger partial charge in [0.15, 0.2) is 0 Å². The Kier molecular flexibility index (Phi) is 3.73. The van der Waals surface area contributed by atoms with Gasteiger partial charge in [-0.15, -0.1) is 11.3 Å². The molecule has 2 rings (SSSR count). The molecule has 1 fully saturated rings. The van der Waals surface area contributed by atoms with Crippen LogP contribution in [0, 0.1) is 0 Å². The van der Waals surface area contributed by atoms with Crippen LogP contribution in [-0.2, 0) is 4.79 Å². The van der Waals surface area contributed by atoms with Gasteiger partial charge < -0.3 is 15.1 Å². The Morgan fingerprint density at radius 2 is 2.21 bits per heavy atom. The molecule has 1 saturated heterocycles. The van der Waals surface area contributed by atoms with Crippen molar-refractivity contribution in [2.45, 2.75) is 18.9 Å². The smallest absolute Gasteiger partial charge is 0.328 e. The number of nitrogens with zero attached hydrogens (tertiary/aromatic N) is 1. The molecule has 1 aromatic rings. The van der Waals surface area contributed by atoms with Crippen LogP contribution >= 0.6 is 11.3 Å². The van der Waals surface area contributed by atoms with Gasteiger partial charge in [-0.3, -0.25) is 4.79 Å². The van der Waals surface area contributed by atoms with Crippen molar-refractivity contribution in [2.24, 2.45) is 0 Å². The summed E-state index contributed by atoms with van der Waals surface area (Å²) in [6.45, 7) is 2.60. The van der Waals surface area contributed by atoms with E-state index in [1.54, 1.807) is 24.0 Å². The van der Waals surface area contributed by atoms with Gasteiger partial charge in [-0.25, -0.2) is 4.79 Å². The third-order valence-electron chi connectivity index (χ3n) is 2.97. The maximum atomic E-state index is 12.2. The molecule has 1 atom stereocenters. The number of thiophene rings is 1. The summed E-state index contributed by atoms with van der Waals surface area (Å²) in [6.07, 6.45) is 3.08. The standard InChI is InChI=1S/C13H15NO4S/c1-13(18)6-7-14(8-13)12(17)10-4-2-9(19-10)3-5-11(15)16/h2-5,18H,6-8H2,1H3,(H,15,16)/b5-3+. The predicted octanol–water partition coefficient (Wildman–Crippen LogP) is 1.44. The molecule has 102 valence electrons. The summed E-state index contributed by atoms with van der Waals surface area (Å²) in [5.41, 5.74) is -0.807. The van der Waals surface area contributed by atoms with E-state index in [-0.39, 0.29) is 5.91 Å². The first-order valence-electron chi connectivity index (χ1n) is 5.90. The number of carbonyl (C=O) groups is 2. The average Bonchev–Trinajstić information content (AvgIpc) is 2.92. The van der Waals surface area contributed by atoms with E-state index in [0.717, 1.165) is 11.0 Å². The van der Waals surface area contributed by atoms with E-state index in [1.165, 1.54) is 17.4 Å². The van der Waals surface area contributed by atoms with E-state index in [4.69, 9.17) is 5.11 Å². The second-order valence-electron chi connectivity index (χ2n) is 4.85. The third kappa shape index (κ3) is 3.42. The Bertz CT molecular complexity index is 533. The van der Waals surface area contributed by atoms with E-state index >= 15 is 0 Å². The molecule has 1 amide bonds. The fourth-order valence-corrected chi connectivity index (χ4v) is 2.86. The fourth-order valence-electron chi connectivity index (χ4n) is 1.99. The van der Waals surface area contributed by atoms with Crippen molar-refractivity contribution < 1.29 is 19.8 Å². The highest BCUT2D eigenvalue weighted by atomic mass is 32.1. The number of hydrogen-bond acceptors (Lipinski definition) is 4. The van der Waals surface area contributed by atoms with Crippen molar-refractivity contribution in [1.29, 1.82) is 0 Å². The van der Waals surface area contributed by atoms with Crippen molar-refractivity contribution in [2.75, 3.05) is 13.1 Å². The first-order valence-corrected chi connectivity index (χ1v) is 6.71. The van der Waals surface area contributed by atoms with Gasteiger partial charge in [0.25, 0.3) is 5.91 Å². The predicted molar refractivity (Wildman–Crippen MR) is 72.1 cm³/mol. The summed E-state index contributed by atoms with van der Waals surface area (Å²) in [5, 5.41) is 18.4. The van der Waals surface area contributed by atoms with Crippen LogP contribution in [0.1, 0.15) is 27.9 Å². The van der Waals surface area contributed by atoms with Crippen molar-refractivity contribution >= 4 is 29.3 Å². The molecular formula is C13H15NO4S. The van der Waals surface area contributed by atoms with E-state index in [0.29, 0.717) is 24.4 Å². The largest absolute Gasteiger partial charge is 0.478 e. The summed E-state index contributed by atoms with van der Waals surface area (Å²) in [6, 6.07) is 3.40. The van der Waals surface area contributed by atoms with Gasteiger partial charge >= 0.3 is 5.97 Å². The second-order valence-corrected chi connectivity index (χ2v) is 5.96. The second kappa shape index (κ2) is 5.14. The molecule has 0 aromatic carbocycles. The summed E-state index contributed by atoms with van der Waals surface area (Å²) < 4.78 is 0. The van der Waals surface area contributed by atoms with Crippen LogP contribution in [0.25, 0.3) is 6.08 Å². The van der Waals surface area contributed by atoms with Gasteiger partial charge in [-0.05, 0) is 31.6 Å². The molecule has 0 aliphatic carbocycles. The number of aliphatic hydroxyl groups is 1. The molecule has 0 saturated carbocycles. The van der Waals surface area contributed by atoms with E-state index < -0.39 is 11.6 Å². The third-order valence-corrected chi connectivity index (χ3v) is 4.01. The van der Waals surface area contributed by atoms with Gasteiger partial charge in [0.1, 0.15) is 0 Å². The molecule has 1 unspecified atom stereocenters. The van der Waals surface area contributed by atoms with Crippen molar-refractivity contribution in [3.63, 3.8) is 0 Å². The van der Waals surface area contributed by atoms with Crippen LogP contribution in [-0.4, -0.2) is 45.7 Å². The Morgan fingerprint density at radius 1 is 1.47 bits per heavy atom. The number of β-amino-alcohol motifs (C(OH)–C–C–N with tert-alkyl or cyclic N) is 1. The molecule has 5 nitrogen and oxygen atoms in total. The maximum Gasteiger partial charge on any atom is 0.328 e. The highest BCUT2D eigenvalue weighted by Crippen LogP contribution is 2.25. The Hall–Kier alpha value is -1.66. The zero-order chi connectivity index (χ0) is 14.0. The fraction of sp³-hybridized carbons (Fsp3) is 0.385. The van der Waals surface area contributed by atoms with Gasteiger partial charge in [0, 0.05) is 24.0 Å². The van der Waals surface area contributed by atoms with Crippen LogP contribution in [0.15, 0.2) is 18.2 Å². The average molecular weight is 281 g/mol. The molecule has 6 heteroatoms. The van der Waals surface area contributed by atoms with E-state index in [1.807, 2.05) is 0 Å². The number of likely N-dealkylation sites (tertiary alicyclic amines) is 1. The van der Waals surface area contributed by atoms with Crippen LogP contribution < -0.4 is 0 Å². The van der Waals surface area contributed by atoms with Crippen molar-refractivity contribution in [3.05, 3.63) is 28.0 Å². The quantitative estimate of drug-likeness (QED) is 0.822.